The number of urea groups is 1. The summed E-state index contributed by atoms with van der Waals surface area (Å²) in [6.45, 7) is 4.42. The molecule has 0 bridgehead atoms. The Morgan fingerprint density at radius 3 is 1.69 bits per heavy atom. The van der Waals surface area contributed by atoms with Gasteiger partial charge in [0.15, 0.2) is 17.1 Å². The van der Waals surface area contributed by atoms with E-state index in [0.717, 1.165) is 38.5 Å². The fourth-order valence-electron chi connectivity index (χ4n) is 6.36. The van der Waals surface area contributed by atoms with Crippen LogP contribution in [0.2, 0.25) is 0 Å². The molecule has 10 heteroatoms. The van der Waals surface area contributed by atoms with Gasteiger partial charge in [-0.3, -0.25) is 29.4 Å². The molecular weight excluding hydrogens is 450 g/mol. The zero-order valence-corrected chi connectivity index (χ0v) is 20.7. The molecule has 1 saturated carbocycles. The lowest BCUT2D eigenvalue weighted by Crippen LogP contribution is -2.89. The second-order valence-electron chi connectivity index (χ2n) is 10.7. The molecular formula is C25H37N5O5. The van der Waals surface area contributed by atoms with Gasteiger partial charge in [-0.2, -0.15) is 0 Å². The number of amides is 4. The lowest BCUT2D eigenvalue weighted by Gasteiger charge is -2.57. The van der Waals surface area contributed by atoms with E-state index in [-0.39, 0.29) is 19.0 Å². The predicted molar refractivity (Wildman–Crippen MR) is 126 cm³/mol. The molecule has 0 aromatic carbocycles. The molecule has 0 aromatic rings. The number of likely N-dealkylation sites (tertiary alicyclic amines) is 3. The van der Waals surface area contributed by atoms with Gasteiger partial charge in [-0.25, -0.2) is 4.79 Å². The molecule has 1 aliphatic carbocycles. The number of hydrogen-bond acceptors (Lipinski definition) is 6. The number of nitrogens with zero attached hydrogens (tertiary/aromatic N) is 4. The maximum absolute atomic E-state index is 14.6. The summed E-state index contributed by atoms with van der Waals surface area (Å²) in [5, 5.41) is 3.11. The average molecular weight is 488 g/mol. The van der Waals surface area contributed by atoms with Crippen LogP contribution in [0.1, 0.15) is 58.3 Å². The number of piperazine rings is 1. The molecule has 0 aromatic heterocycles. The highest BCUT2D eigenvalue weighted by Crippen LogP contribution is 2.45. The van der Waals surface area contributed by atoms with Gasteiger partial charge in [-0.15, -0.1) is 0 Å². The maximum atomic E-state index is 14.6. The summed E-state index contributed by atoms with van der Waals surface area (Å²) in [6, 6.07) is -0.415. The van der Waals surface area contributed by atoms with E-state index in [0.29, 0.717) is 52.1 Å². The molecule has 2 unspecified atom stereocenters. The van der Waals surface area contributed by atoms with Gasteiger partial charge in [-0.1, -0.05) is 0 Å². The Labute approximate surface area is 206 Å². The first-order valence-electron chi connectivity index (χ1n) is 13.3. The van der Waals surface area contributed by atoms with Crippen molar-refractivity contribution in [2.45, 2.75) is 69.4 Å². The third-order valence-corrected chi connectivity index (χ3v) is 8.53. The standard InChI is InChI=1S/C25H37N5O5/c1-18(31)24(20(32)19-8-9-19)25(22(34)28-15-7-16-28,21(33)27-11-5-6-12-27)30(17-10-26-24)23(35)29-13-3-2-4-14-29/h19,26H,2-17H2,1H3. The van der Waals surface area contributed by atoms with Gasteiger partial charge in [0.05, 0.1) is 0 Å². The minimum Gasteiger partial charge on any atom is -0.340 e. The second-order valence-corrected chi connectivity index (χ2v) is 10.7. The molecule has 4 amide bonds. The molecule has 5 aliphatic rings. The van der Waals surface area contributed by atoms with E-state index in [9.17, 15) is 24.0 Å². The topological polar surface area (TPSA) is 110 Å². The van der Waals surface area contributed by atoms with Crippen molar-refractivity contribution in [2.75, 3.05) is 52.4 Å². The highest BCUT2D eigenvalue weighted by molar-refractivity contribution is 6.28. The minimum atomic E-state index is -2.24. The van der Waals surface area contributed by atoms with Gasteiger partial charge < -0.3 is 14.7 Å². The van der Waals surface area contributed by atoms with Crippen molar-refractivity contribution in [3.05, 3.63) is 0 Å². The van der Waals surface area contributed by atoms with Gasteiger partial charge >= 0.3 is 6.03 Å². The van der Waals surface area contributed by atoms with Crippen molar-refractivity contribution in [2.24, 2.45) is 5.92 Å². The van der Waals surface area contributed by atoms with Crippen molar-refractivity contribution in [3.8, 4) is 0 Å². The van der Waals surface area contributed by atoms with E-state index in [1.54, 1.807) is 14.7 Å². The van der Waals surface area contributed by atoms with Crippen LogP contribution in [0.4, 0.5) is 4.79 Å². The van der Waals surface area contributed by atoms with Crippen molar-refractivity contribution in [1.82, 2.24) is 24.9 Å². The molecule has 4 saturated heterocycles. The number of hydrogen-bond donors (Lipinski definition) is 1. The van der Waals surface area contributed by atoms with Crippen LogP contribution in [0, 0.1) is 5.92 Å². The van der Waals surface area contributed by atoms with Gasteiger partial charge in [0, 0.05) is 58.3 Å². The number of piperidine rings is 1. The van der Waals surface area contributed by atoms with E-state index < -0.39 is 40.5 Å². The van der Waals surface area contributed by atoms with E-state index in [1.165, 1.54) is 11.8 Å². The van der Waals surface area contributed by atoms with Gasteiger partial charge in [0.1, 0.15) is 0 Å². The van der Waals surface area contributed by atoms with Crippen molar-refractivity contribution < 1.29 is 24.0 Å². The summed E-state index contributed by atoms with van der Waals surface area (Å²) in [6.07, 6.45) is 6.34. The fraction of sp³-hybridized carbons (Fsp3) is 0.800. The third kappa shape index (κ3) is 3.58. The number of carbonyl (C=O) groups is 5. The van der Waals surface area contributed by atoms with Crippen molar-refractivity contribution in [1.29, 1.82) is 0 Å². The molecule has 35 heavy (non-hydrogen) atoms. The fourth-order valence-corrected chi connectivity index (χ4v) is 6.36. The Kier molecular flexibility index (Phi) is 6.35. The maximum Gasteiger partial charge on any atom is 0.321 e. The lowest BCUT2D eigenvalue weighted by atomic mass is 9.65. The summed E-state index contributed by atoms with van der Waals surface area (Å²) in [7, 11) is 0. The van der Waals surface area contributed by atoms with E-state index in [4.69, 9.17) is 0 Å². The number of ketones is 2. The Balaban J connectivity index is 1.72. The molecule has 0 spiro atoms. The van der Waals surface area contributed by atoms with Crippen LogP contribution >= 0.6 is 0 Å². The van der Waals surface area contributed by atoms with Crippen LogP contribution in [-0.4, -0.2) is 112 Å². The number of nitrogens with one attached hydrogen (secondary N) is 1. The Hall–Kier alpha value is -2.49. The number of carbonyl (C=O) groups excluding carboxylic acids is 5. The Morgan fingerprint density at radius 1 is 0.686 bits per heavy atom. The molecule has 4 heterocycles. The van der Waals surface area contributed by atoms with E-state index in [1.807, 2.05) is 0 Å². The molecule has 5 fully saturated rings. The number of rotatable bonds is 5. The highest BCUT2D eigenvalue weighted by Gasteiger charge is 2.76. The minimum absolute atomic E-state index is 0.0848. The molecule has 0 radical (unpaired) electrons. The highest BCUT2D eigenvalue weighted by atomic mass is 16.2. The van der Waals surface area contributed by atoms with Gasteiger partial charge in [-0.05, 0) is 58.3 Å². The predicted octanol–water partition coefficient (Wildman–Crippen LogP) is 0.398. The van der Waals surface area contributed by atoms with Gasteiger partial charge in [0.2, 0.25) is 5.54 Å². The molecule has 192 valence electrons. The SMILES string of the molecule is CC(=O)C1(C(=O)C2CC2)NCCN(C(=O)N2CCCCC2)C1(C(=O)N1CCCC1)C(=O)N1CCC1. The van der Waals surface area contributed by atoms with Gasteiger partial charge in [0.25, 0.3) is 11.8 Å². The smallest absolute Gasteiger partial charge is 0.321 e. The molecule has 5 rings (SSSR count). The van der Waals surface area contributed by atoms with Crippen LogP contribution in [0.5, 0.6) is 0 Å². The molecule has 2 atom stereocenters. The van der Waals surface area contributed by atoms with Crippen LogP contribution < -0.4 is 5.32 Å². The average Bonchev–Trinajstić information content (AvgIpc) is 3.54. The van der Waals surface area contributed by atoms with E-state index >= 15 is 0 Å². The molecule has 1 N–H and O–H groups in total. The van der Waals surface area contributed by atoms with Crippen molar-refractivity contribution >= 4 is 29.4 Å². The first kappa shape index (κ1) is 24.2. The number of Topliss-reactive ketones (excluding diaryl/α,β-unsaturated/α-hetero) is 2. The van der Waals surface area contributed by atoms with Crippen molar-refractivity contribution in [3.63, 3.8) is 0 Å². The zero-order chi connectivity index (χ0) is 24.8. The molecule has 10 nitrogen and oxygen atoms in total. The molecule has 4 aliphatic heterocycles. The summed E-state index contributed by atoms with van der Waals surface area (Å²) in [5.41, 5.74) is -4.32. The van der Waals surface area contributed by atoms with E-state index in [2.05, 4.69) is 5.32 Å². The second kappa shape index (κ2) is 9.19. The first-order chi connectivity index (χ1) is 16.9. The normalized spacial score (nSPS) is 31.2. The third-order valence-electron chi connectivity index (χ3n) is 8.53. The first-order valence-corrected chi connectivity index (χ1v) is 13.3. The summed E-state index contributed by atoms with van der Waals surface area (Å²) in [4.78, 5) is 77.0. The van der Waals surface area contributed by atoms with Crippen LogP contribution in [0.3, 0.4) is 0 Å². The van der Waals surface area contributed by atoms with Crippen LogP contribution in [0.25, 0.3) is 0 Å². The summed E-state index contributed by atoms with van der Waals surface area (Å²) < 4.78 is 0. The summed E-state index contributed by atoms with van der Waals surface area (Å²) >= 11 is 0. The lowest BCUT2D eigenvalue weighted by molar-refractivity contribution is -0.176. The van der Waals surface area contributed by atoms with Crippen LogP contribution in [-0.2, 0) is 19.2 Å². The van der Waals surface area contributed by atoms with Crippen LogP contribution in [0.15, 0.2) is 0 Å². The largest absolute Gasteiger partial charge is 0.340 e. The Bertz CT molecular complexity index is 919. The quantitative estimate of drug-likeness (QED) is 0.562. The Morgan fingerprint density at radius 2 is 1.20 bits per heavy atom. The zero-order valence-electron chi connectivity index (χ0n) is 20.7. The monoisotopic (exact) mass is 487 g/mol. The summed E-state index contributed by atoms with van der Waals surface area (Å²) in [5.74, 6) is -2.52.